The number of urea groups is 1. The molecule has 0 radical (unpaired) electrons. The summed E-state index contributed by atoms with van der Waals surface area (Å²) in [6, 6.07) is -2.60. The first-order chi connectivity index (χ1) is 19.1. The van der Waals surface area contributed by atoms with E-state index in [4.69, 9.17) is 0 Å². The Morgan fingerprint density at radius 1 is 1.00 bits per heavy atom. The third-order valence-corrected chi connectivity index (χ3v) is 9.72. The first kappa shape index (κ1) is 30.1. The Morgan fingerprint density at radius 3 is 2.27 bits per heavy atom. The lowest BCUT2D eigenvalue weighted by atomic mass is 9.94. The highest BCUT2D eigenvalue weighted by Gasteiger charge is 2.69. The summed E-state index contributed by atoms with van der Waals surface area (Å²) in [6.45, 7) is 10.2. The van der Waals surface area contributed by atoms with E-state index in [2.05, 4.69) is 41.7 Å². The van der Waals surface area contributed by atoms with Gasteiger partial charge in [-0.1, -0.05) is 59.0 Å². The number of nitrogens with one attached hydrogen (secondary N) is 4. The Balaban J connectivity index is 1.50. The second-order valence-electron chi connectivity index (χ2n) is 12.7. The maximum atomic E-state index is 14.1. The number of carbonyl (C=O) groups is 5. The summed E-state index contributed by atoms with van der Waals surface area (Å²) >= 11 is 0. The van der Waals surface area contributed by atoms with Crippen molar-refractivity contribution in [1.82, 2.24) is 26.2 Å². The number of amides is 5. The van der Waals surface area contributed by atoms with Gasteiger partial charge in [0.2, 0.25) is 17.6 Å². The van der Waals surface area contributed by atoms with Crippen LogP contribution in [0.3, 0.4) is 0 Å². The fraction of sp³-hybridized carbons (Fsp3) is 0.767. The number of Topliss-reactive ketones (excluding diaryl/α,β-unsaturated/α-hetero) is 1. The van der Waals surface area contributed by atoms with Gasteiger partial charge in [-0.05, 0) is 55.3 Å². The standard InChI is InChI=1S/C30H47N5O5/c1-5-11-21(25(36)27(38)31-16-6-2)33-26(37)24-22-20(30(22,3)4)17-35(24)28(39)23(18-12-7-8-13-18)34-29(40)32-19-14-9-10-15-19/h6,18-24H,2,5,7-17H2,1,3-4H3,(H,31,38)(H,33,37)(H2,32,34,40)/t20?,21?,22?,23-,24-/m0/s1. The number of nitrogens with zero attached hydrogens (tertiary/aromatic N) is 1. The van der Waals surface area contributed by atoms with Crippen molar-refractivity contribution in [3.05, 3.63) is 12.7 Å². The molecule has 222 valence electrons. The fourth-order valence-electron chi connectivity index (χ4n) is 7.33. The zero-order valence-electron chi connectivity index (χ0n) is 24.3. The van der Waals surface area contributed by atoms with Gasteiger partial charge in [0.05, 0.1) is 6.04 Å². The third kappa shape index (κ3) is 6.36. The van der Waals surface area contributed by atoms with E-state index in [9.17, 15) is 24.0 Å². The van der Waals surface area contributed by atoms with Crippen LogP contribution in [0, 0.1) is 23.2 Å². The lowest BCUT2D eigenvalue weighted by Crippen LogP contribution is -2.60. The van der Waals surface area contributed by atoms with E-state index < -0.39 is 35.7 Å². The van der Waals surface area contributed by atoms with E-state index >= 15 is 0 Å². The van der Waals surface area contributed by atoms with Gasteiger partial charge in [0.25, 0.3) is 5.91 Å². The van der Waals surface area contributed by atoms with Crippen molar-refractivity contribution in [3.8, 4) is 0 Å². The molecule has 5 amide bonds. The molecule has 4 aliphatic rings. The van der Waals surface area contributed by atoms with Gasteiger partial charge in [0, 0.05) is 19.1 Å². The molecule has 3 saturated carbocycles. The Bertz CT molecular complexity index is 1000. The molecule has 3 unspecified atom stereocenters. The van der Waals surface area contributed by atoms with Crippen molar-refractivity contribution >= 4 is 29.5 Å². The van der Waals surface area contributed by atoms with Gasteiger partial charge >= 0.3 is 6.03 Å². The average molecular weight is 558 g/mol. The van der Waals surface area contributed by atoms with Gasteiger partial charge in [-0.25, -0.2) is 4.79 Å². The van der Waals surface area contributed by atoms with Crippen molar-refractivity contribution in [2.75, 3.05) is 13.1 Å². The van der Waals surface area contributed by atoms with Crippen LogP contribution in [-0.4, -0.2) is 71.7 Å². The summed E-state index contributed by atoms with van der Waals surface area (Å²) < 4.78 is 0. The van der Waals surface area contributed by atoms with Crippen LogP contribution in [0.15, 0.2) is 12.7 Å². The zero-order chi connectivity index (χ0) is 29.0. The zero-order valence-corrected chi connectivity index (χ0v) is 24.3. The Hall–Kier alpha value is -2.91. The van der Waals surface area contributed by atoms with Crippen molar-refractivity contribution in [2.24, 2.45) is 23.2 Å². The number of carbonyl (C=O) groups excluding carboxylic acids is 5. The molecule has 4 N–H and O–H groups in total. The van der Waals surface area contributed by atoms with Crippen molar-refractivity contribution in [1.29, 1.82) is 0 Å². The van der Waals surface area contributed by atoms with Gasteiger partial charge in [-0.2, -0.15) is 0 Å². The predicted molar refractivity (Wildman–Crippen MR) is 151 cm³/mol. The largest absolute Gasteiger partial charge is 0.346 e. The molecule has 40 heavy (non-hydrogen) atoms. The Labute approximate surface area is 237 Å². The third-order valence-electron chi connectivity index (χ3n) is 9.72. The maximum Gasteiger partial charge on any atom is 0.315 e. The summed E-state index contributed by atoms with van der Waals surface area (Å²) in [7, 11) is 0. The second-order valence-corrected chi connectivity index (χ2v) is 12.7. The minimum Gasteiger partial charge on any atom is -0.346 e. The number of likely N-dealkylation sites (tertiary alicyclic amines) is 1. The van der Waals surface area contributed by atoms with Crippen molar-refractivity contribution in [2.45, 2.75) is 109 Å². The highest BCUT2D eigenvalue weighted by Crippen LogP contribution is 2.65. The fourth-order valence-corrected chi connectivity index (χ4v) is 7.33. The van der Waals surface area contributed by atoms with E-state index in [0.29, 0.717) is 19.4 Å². The number of ketones is 1. The van der Waals surface area contributed by atoms with Crippen molar-refractivity contribution < 1.29 is 24.0 Å². The van der Waals surface area contributed by atoms with Crippen molar-refractivity contribution in [3.63, 3.8) is 0 Å². The smallest absolute Gasteiger partial charge is 0.315 e. The molecule has 0 aromatic heterocycles. The molecule has 0 aromatic rings. The van der Waals surface area contributed by atoms with E-state index in [1.54, 1.807) is 4.90 Å². The van der Waals surface area contributed by atoms with E-state index in [1.165, 1.54) is 6.08 Å². The molecule has 0 aromatic carbocycles. The number of piperidine rings is 1. The van der Waals surface area contributed by atoms with Gasteiger partial charge in [-0.15, -0.1) is 6.58 Å². The van der Waals surface area contributed by atoms with Crippen LogP contribution >= 0.6 is 0 Å². The highest BCUT2D eigenvalue weighted by atomic mass is 16.2. The molecule has 4 fully saturated rings. The lowest BCUT2D eigenvalue weighted by Gasteiger charge is -2.35. The molecule has 1 saturated heterocycles. The topological polar surface area (TPSA) is 137 Å². The molecule has 10 heteroatoms. The average Bonchev–Trinajstić information content (AvgIpc) is 3.54. The van der Waals surface area contributed by atoms with Crippen LogP contribution in [-0.2, 0) is 19.2 Å². The van der Waals surface area contributed by atoms with Crippen LogP contribution in [0.1, 0.15) is 85.0 Å². The number of fused-ring (bicyclic) bond motifs is 1. The summed E-state index contributed by atoms with van der Waals surface area (Å²) in [5.41, 5.74) is -0.111. The highest BCUT2D eigenvalue weighted by molar-refractivity contribution is 6.38. The normalized spacial score (nSPS) is 26.9. The predicted octanol–water partition coefficient (Wildman–Crippen LogP) is 2.43. The maximum absolute atomic E-state index is 14.1. The summed E-state index contributed by atoms with van der Waals surface area (Å²) in [4.78, 5) is 67.8. The van der Waals surface area contributed by atoms with Crippen LogP contribution in [0.5, 0.6) is 0 Å². The minimum atomic E-state index is -0.971. The second kappa shape index (κ2) is 12.7. The molecule has 5 atom stereocenters. The van der Waals surface area contributed by atoms with Gasteiger partial charge < -0.3 is 26.2 Å². The Kier molecular flexibility index (Phi) is 9.56. The molecular formula is C30H47N5O5. The van der Waals surface area contributed by atoms with E-state index in [-0.39, 0.29) is 47.7 Å². The SMILES string of the molecule is C=CCNC(=O)C(=O)C(CCC)NC(=O)[C@@H]1C2C(CN1C(=O)[C@@H](NC(=O)NC1CCCC1)C1CCCC1)C2(C)C. The van der Waals surface area contributed by atoms with Crippen LogP contribution in [0.4, 0.5) is 4.79 Å². The summed E-state index contributed by atoms with van der Waals surface area (Å²) in [6.07, 6.45) is 10.2. The molecule has 3 aliphatic carbocycles. The summed E-state index contributed by atoms with van der Waals surface area (Å²) in [5.74, 6) is -1.94. The van der Waals surface area contributed by atoms with Crippen LogP contribution in [0.25, 0.3) is 0 Å². The van der Waals surface area contributed by atoms with Gasteiger partial charge in [0.1, 0.15) is 12.1 Å². The number of rotatable bonds is 12. The molecule has 0 bridgehead atoms. The molecule has 4 rings (SSSR count). The van der Waals surface area contributed by atoms with Crippen LogP contribution < -0.4 is 21.3 Å². The quantitative estimate of drug-likeness (QED) is 0.216. The molecule has 1 heterocycles. The number of hydrogen-bond donors (Lipinski definition) is 4. The molecular weight excluding hydrogens is 510 g/mol. The van der Waals surface area contributed by atoms with E-state index in [1.807, 2.05) is 6.92 Å². The van der Waals surface area contributed by atoms with Gasteiger partial charge in [-0.3, -0.25) is 19.2 Å². The summed E-state index contributed by atoms with van der Waals surface area (Å²) in [5, 5.41) is 11.4. The Morgan fingerprint density at radius 2 is 1.65 bits per heavy atom. The first-order valence-corrected chi connectivity index (χ1v) is 15.2. The van der Waals surface area contributed by atoms with Gasteiger partial charge in [0.15, 0.2) is 0 Å². The lowest BCUT2D eigenvalue weighted by molar-refractivity contribution is -0.144. The van der Waals surface area contributed by atoms with Crippen LogP contribution in [0.2, 0.25) is 0 Å². The number of hydrogen-bond acceptors (Lipinski definition) is 5. The first-order valence-electron chi connectivity index (χ1n) is 15.2. The molecule has 10 nitrogen and oxygen atoms in total. The van der Waals surface area contributed by atoms with E-state index in [0.717, 1.165) is 51.4 Å². The monoisotopic (exact) mass is 557 g/mol. The molecule has 0 spiro atoms. The minimum absolute atomic E-state index is 0.0263. The molecule has 1 aliphatic heterocycles.